The minimum Gasteiger partial charge on any atom is -0.389 e. The Morgan fingerprint density at radius 2 is 1.74 bits per heavy atom. The highest BCUT2D eigenvalue weighted by Crippen LogP contribution is 2.34. The molecule has 2 aliphatic rings. The molecule has 0 bridgehead atoms. The SMILES string of the molecule is Cc1c(=O)n(C)c(Nc2ccc(I)cc2F)c2c(=O)n(C3CC3)c(=O)n(-c3cccc(N4CC(O)C4)c3)c12. The van der Waals surface area contributed by atoms with Gasteiger partial charge in [-0.3, -0.25) is 23.3 Å². The summed E-state index contributed by atoms with van der Waals surface area (Å²) in [6.45, 7) is 2.55. The molecular formula is C27H25FIN5O4. The average molecular weight is 629 g/mol. The zero-order valence-electron chi connectivity index (χ0n) is 20.7. The third-order valence-corrected chi connectivity index (χ3v) is 7.93. The van der Waals surface area contributed by atoms with Gasteiger partial charge in [-0.15, -0.1) is 0 Å². The summed E-state index contributed by atoms with van der Waals surface area (Å²) in [4.78, 5) is 43.2. The molecule has 1 aliphatic heterocycles. The van der Waals surface area contributed by atoms with Crippen molar-refractivity contribution < 1.29 is 9.50 Å². The second kappa shape index (κ2) is 9.09. The molecular weight excluding hydrogens is 604 g/mol. The van der Waals surface area contributed by atoms with E-state index in [1.165, 1.54) is 26.8 Å². The highest BCUT2D eigenvalue weighted by molar-refractivity contribution is 14.1. The molecule has 0 amide bonds. The second-order valence-corrected chi connectivity index (χ2v) is 11.2. The molecule has 2 N–H and O–H groups in total. The van der Waals surface area contributed by atoms with Crippen molar-refractivity contribution in [3.05, 3.63) is 88.6 Å². The van der Waals surface area contributed by atoms with Crippen LogP contribution in [0.2, 0.25) is 0 Å². The Morgan fingerprint density at radius 3 is 2.39 bits per heavy atom. The molecule has 1 saturated heterocycles. The van der Waals surface area contributed by atoms with Crippen LogP contribution in [0.15, 0.2) is 56.8 Å². The molecule has 0 atom stereocenters. The van der Waals surface area contributed by atoms with E-state index in [1.807, 2.05) is 39.6 Å². The van der Waals surface area contributed by atoms with Gasteiger partial charge in [0, 0.05) is 41.0 Å². The lowest BCUT2D eigenvalue weighted by atomic mass is 10.1. The van der Waals surface area contributed by atoms with Gasteiger partial charge in [-0.05, 0) is 78.8 Å². The Morgan fingerprint density at radius 1 is 1.03 bits per heavy atom. The van der Waals surface area contributed by atoms with Crippen molar-refractivity contribution in [2.24, 2.45) is 7.05 Å². The zero-order valence-corrected chi connectivity index (χ0v) is 22.9. The lowest BCUT2D eigenvalue weighted by Crippen LogP contribution is -2.50. The van der Waals surface area contributed by atoms with Gasteiger partial charge < -0.3 is 15.3 Å². The summed E-state index contributed by atoms with van der Waals surface area (Å²) >= 11 is 2.01. The average Bonchev–Trinajstić information content (AvgIpc) is 3.70. The molecule has 0 radical (unpaired) electrons. The Balaban J connectivity index is 1.68. The number of halogens is 2. The third-order valence-electron chi connectivity index (χ3n) is 7.25. The van der Waals surface area contributed by atoms with Crippen LogP contribution in [0.4, 0.5) is 21.6 Å². The fraction of sp³-hybridized carbons (Fsp3) is 0.296. The van der Waals surface area contributed by atoms with E-state index in [2.05, 4.69) is 5.32 Å². The number of hydrogen-bond donors (Lipinski definition) is 2. The van der Waals surface area contributed by atoms with Crippen LogP contribution in [-0.4, -0.2) is 38.0 Å². The molecule has 4 aromatic rings. The van der Waals surface area contributed by atoms with Crippen molar-refractivity contribution in [2.45, 2.75) is 31.9 Å². The number of rotatable bonds is 5. The van der Waals surface area contributed by atoms with Gasteiger partial charge >= 0.3 is 5.69 Å². The summed E-state index contributed by atoms with van der Waals surface area (Å²) in [7, 11) is 1.52. The first-order chi connectivity index (χ1) is 18.2. The lowest BCUT2D eigenvalue weighted by Gasteiger charge is -2.38. The van der Waals surface area contributed by atoms with Crippen LogP contribution in [0.5, 0.6) is 0 Å². The van der Waals surface area contributed by atoms with E-state index in [9.17, 15) is 23.9 Å². The first kappa shape index (κ1) is 24.9. The van der Waals surface area contributed by atoms with Gasteiger partial charge in [-0.1, -0.05) is 6.07 Å². The number of aliphatic hydroxyl groups excluding tert-OH is 1. The maximum absolute atomic E-state index is 14.8. The molecule has 2 aromatic heterocycles. The molecule has 2 aromatic carbocycles. The number of hydrogen-bond acceptors (Lipinski definition) is 6. The maximum Gasteiger partial charge on any atom is 0.336 e. The minimum atomic E-state index is -0.529. The van der Waals surface area contributed by atoms with Crippen LogP contribution in [0, 0.1) is 16.3 Å². The van der Waals surface area contributed by atoms with E-state index in [1.54, 1.807) is 31.2 Å². The Kier molecular flexibility index (Phi) is 5.94. The summed E-state index contributed by atoms with van der Waals surface area (Å²) in [5.41, 5.74) is 0.399. The molecule has 1 saturated carbocycles. The number of nitrogens with one attached hydrogen (secondary N) is 1. The van der Waals surface area contributed by atoms with E-state index >= 15 is 0 Å². The third kappa shape index (κ3) is 3.95. The van der Waals surface area contributed by atoms with E-state index < -0.39 is 28.7 Å². The lowest BCUT2D eigenvalue weighted by molar-refractivity contribution is 0.142. The number of aromatic nitrogens is 3. The van der Waals surface area contributed by atoms with Gasteiger partial charge in [-0.2, -0.15) is 0 Å². The van der Waals surface area contributed by atoms with Crippen molar-refractivity contribution in [2.75, 3.05) is 23.3 Å². The van der Waals surface area contributed by atoms with Gasteiger partial charge in [0.1, 0.15) is 17.0 Å². The summed E-state index contributed by atoms with van der Waals surface area (Å²) in [6.07, 6.45) is 0.997. The molecule has 1 aliphatic carbocycles. The maximum atomic E-state index is 14.8. The predicted molar refractivity (Wildman–Crippen MR) is 153 cm³/mol. The van der Waals surface area contributed by atoms with E-state index in [0.717, 1.165) is 5.69 Å². The smallest absolute Gasteiger partial charge is 0.336 e. The number of aryl methyl sites for hydroxylation is 1. The number of β-amino-alcohol motifs (C(OH)–C–C–N with tert-alkyl or cyclic N) is 1. The predicted octanol–water partition coefficient (Wildman–Crippen LogP) is 3.16. The van der Waals surface area contributed by atoms with Crippen LogP contribution in [0.3, 0.4) is 0 Å². The zero-order chi connectivity index (χ0) is 26.9. The first-order valence-electron chi connectivity index (χ1n) is 12.3. The molecule has 6 rings (SSSR count). The van der Waals surface area contributed by atoms with Gasteiger partial charge in [0.2, 0.25) is 0 Å². The normalized spacial score (nSPS) is 15.7. The molecule has 38 heavy (non-hydrogen) atoms. The van der Waals surface area contributed by atoms with E-state index in [0.29, 0.717) is 35.2 Å². The first-order valence-corrected chi connectivity index (χ1v) is 13.4. The molecule has 0 unspecified atom stereocenters. The summed E-state index contributed by atoms with van der Waals surface area (Å²) in [6, 6.07) is 11.6. The Hall–Kier alpha value is -3.45. The molecule has 11 heteroatoms. The summed E-state index contributed by atoms with van der Waals surface area (Å²) in [5.74, 6) is -0.413. The fourth-order valence-corrected chi connectivity index (χ4v) is 5.52. The van der Waals surface area contributed by atoms with Crippen molar-refractivity contribution in [3.63, 3.8) is 0 Å². The highest BCUT2D eigenvalue weighted by atomic mass is 127. The van der Waals surface area contributed by atoms with Crippen LogP contribution < -0.4 is 27.0 Å². The van der Waals surface area contributed by atoms with Crippen molar-refractivity contribution in [1.29, 1.82) is 0 Å². The van der Waals surface area contributed by atoms with E-state index in [-0.39, 0.29) is 34.0 Å². The van der Waals surface area contributed by atoms with Gasteiger partial charge in [0.05, 0.1) is 23.0 Å². The molecule has 196 valence electrons. The number of fused-ring (bicyclic) bond motifs is 1. The number of anilines is 3. The summed E-state index contributed by atoms with van der Waals surface area (Å²) < 4.78 is 19.5. The fourth-order valence-electron chi connectivity index (χ4n) is 5.07. The highest BCUT2D eigenvalue weighted by Gasteiger charge is 2.32. The van der Waals surface area contributed by atoms with Crippen molar-refractivity contribution >= 4 is 50.7 Å². The number of benzene rings is 2. The molecule has 3 heterocycles. The van der Waals surface area contributed by atoms with Gasteiger partial charge in [-0.25, -0.2) is 9.18 Å². The molecule has 9 nitrogen and oxygen atoms in total. The van der Waals surface area contributed by atoms with Crippen LogP contribution in [-0.2, 0) is 7.05 Å². The van der Waals surface area contributed by atoms with Crippen LogP contribution >= 0.6 is 22.6 Å². The Bertz CT molecular complexity index is 1800. The number of nitrogens with zero attached hydrogens (tertiary/aromatic N) is 4. The second-order valence-electron chi connectivity index (χ2n) is 9.91. The molecule has 2 fully saturated rings. The summed E-state index contributed by atoms with van der Waals surface area (Å²) in [5, 5.41) is 12.9. The van der Waals surface area contributed by atoms with Crippen LogP contribution in [0.1, 0.15) is 24.4 Å². The monoisotopic (exact) mass is 629 g/mol. The largest absolute Gasteiger partial charge is 0.389 e. The van der Waals surface area contributed by atoms with Crippen molar-refractivity contribution in [1.82, 2.24) is 13.7 Å². The number of pyridine rings is 1. The standard InChI is InChI=1S/C27H25FIN5O4/c1-14-23-22(24(31(2)25(14)36)30-21-9-6-15(29)10-20(21)28)26(37)34(16-7-8-16)27(38)33(23)18-5-3-4-17(11-18)32-12-19(35)13-32/h3-6,9-11,16,19,30,35H,7-8,12-13H2,1-2H3. The molecule has 0 spiro atoms. The minimum absolute atomic E-state index is 0.110. The topological polar surface area (TPSA) is 102 Å². The van der Waals surface area contributed by atoms with Gasteiger partial charge in [0.25, 0.3) is 11.1 Å². The number of aliphatic hydroxyl groups is 1. The quantitative estimate of drug-likeness (QED) is 0.329. The Labute approximate surface area is 229 Å². The van der Waals surface area contributed by atoms with Gasteiger partial charge in [0.15, 0.2) is 0 Å². The van der Waals surface area contributed by atoms with Crippen molar-refractivity contribution in [3.8, 4) is 5.69 Å². The van der Waals surface area contributed by atoms with E-state index in [4.69, 9.17) is 0 Å². The van der Waals surface area contributed by atoms with Crippen LogP contribution in [0.25, 0.3) is 16.6 Å².